The van der Waals surface area contributed by atoms with Gasteiger partial charge < -0.3 is 5.21 Å². The number of hydrogen-bond donors (Lipinski definition) is 0. The fourth-order valence-electron chi connectivity index (χ4n) is 1.36. The minimum atomic E-state index is -0.510. The van der Waals surface area contributed by atoms with Crippen molar-refractivity contribution in [2.45, 2.75) is 0 Å². The normalized spacial score (nSPS) is 11.6. The van der Waals surface area contributed by atoms with Gasteiger partial charge in [-0.05, 0) is 12.1 Å². The summed E-state index contributed by atoms with van der Waals surface area (Å²) in [6.07, 6.45) is 1.21. The van der Waals surface area contributed by atoms with Crippen LogP contribution in [0.5, 0.6) is 0 Å². The maximum atomic E-state index is 11.9. The number of benzene rings is 1. The van der Waals surface area contributed by atoms with E-state index < -0.39 is 4.92 Å². The molecular weight excluding hydrogens is 311 g/mol. The summed E-state index contributed by atoms with van der Waals surface area (Å²) in [6, 6.07) is 5.81. The van der Waals surface area contributed by atoms with Crippen LogP contribution in [0.15, 0.2) is 29.6 Å². The molecule has 0 aliphatic carbocycles. The van der Waals surface area contributed by atoms with Gasteiger partial charge in [-0.3, -0.25) is 10.1 Å². The van der Waals surface area contributed by atoms with Crippen LogP contribution in [0, 0.1) is 15.3 Å². The van der Waals surface area contributed by atoms with Crippen LogP contribution in [0.3, 0.4) is 0 Å². The first-order chi connectivity index (χ1) is 8.97. The topological polar surface area (TPSA) is 69.2 Å². The monoisotopic (exact) mass is 316 g/mol. The highest BCUT2D eigenvalue weighted by atomic mass is 35.5. The highest BCUT2D eigenvalue weighted by Crippen LogP contribution is 2.28. The molecule has 0 aliphatic rings. The van der Waals surface area contributed by atoms with Crippen molar-refractivity contribution in [1.82, 2.24) is 0 Å². The number of hydrogen-bond acceptors (Lipinski definition) is 4. The highest BCUT2D eigenvalue weighted by Gasteiger charge is 2.13. The van der Waals surface area contributed by atoms with Gasteiger partial charge in [0.15, 0.2) is 6.21 Å². The average molecular weight is 317 g/mol. The average Bonchev–Trinajstić information content (AvgIpc) is 2.80. The number of rotatable bonds is 3. The quantitative estimate of drug-likeness (QED) is 0.280. The van der Waals surface area contributed by atoms with Gasteiger partial charge in [-0.2, -0.15) is 4.74 Å². The molecule has 0 saturated heterocycles. The number of halogens is 2. The minimum absolute atomic E-state index is 0.0307. The minimum Gasteiger partial charge on any atom is -0.618 e. The Morgan fingerprint density at radius 2 is 1.95 bits per heavy atom. The Labute approximate surface area is 122 Å². The van der Waals surface area contributed by atoms with Crippen molar-refractivity contribution in [3.05, 3.63) is 60.6 Å². The number of thiophene rings is 1. The van der Waals surface area contributed by atoms with Gasteiger partial charge >= 0.3 is 5.00 Å². The second-order valence-electron chi connectivity index (χ2n) is 3.53. The van der Waals surface area contributed by atoms with Crippen LogP contribution >= 0.6 is 34.5 Å². The second kappa shape index (κ2) is 5.56. The Hall–Kier alpha value is -1.63. The highest BCUT2D eigenvalue weighted by molar-refractivity contribution is 7.13. The van der Waals surface area contributed by atoms with E-state index in [9.17, 15) is 15.3 Å². The van der Waals surface area contributed by atoms with Gasteiger partial charge in [-0.25, -0.2) is 0 Å². The van der Waals surface area contributed by atoms with E-state index in [1.54, 1.807) is 6.07 Å². The molecule has 2 aromatic rings. The fourth-order valence-corrected chi connectivity index (χ4v) is 2.41. The van der Waals surface area contributed by atoms with Gasteiger partial charge in [-0.1, -0.05) is 34.5 Å². The van der Waals surface area contributed by atoms with Crippen LogP contribution in [-0.4, -0.2) is 15.9 Å². The number of nitro groups is 1. The van der Waals surface area contributed by atoms with E-state index >= 15 is 0 Å². The Kier molecular flexibility index (Phi) is 4.04. The summed E-state index contributed by atoms with van der Waals surface area (Å²) < 4.78 is 0.528. The summed E-state index contributed by atoms with van der Waals surface area (Å²) in [4.78, 5) is 10.0. The summed E-state index contributed by atoms with van der Waals surface area (Å²) in [6.45, 7) is 0. The van der Waals surface area contributed by atoms with Gasteiger partial charge in [0.05, 0.1) is 10.5 Å². The molecule has 0 saturated carbocycles. The molecule has 1 aromatic heterocycles. The molecule has 8 heteroatoms. The van der Waals surface area contributed by atoms with Crippen LogP contribution in [0.2, 0.25) is 10.0 Å². The third kappa shape index (κ3) is 3.23. The summed E-state index contributed by atoms with van der Waals surface area (Å²) in [5, 5.41) is 24.6. The first kappa shape index (κ1) is 13.8. The third-order valence-electron chi connectivity index (χ3n) is 2.20. The summed E-state index contributed by atoms with van der Waals surface area (Å²) >= 11 is 12.6. The van der Waals surface area contributed by atoms with Crippen LogP contribution in [0.1, 0.15) is 5.56 Å². The molecule has 0 amide bonds. The molecule has 0 unspecified atom stereocenters. The van der Waals surface area contributed by atoms with E-state index in [-0.39, 0.29) is 15.7 Å². The maximum Gasteiger partial charge on any atom is 0.324 e. The molecule has 0 atom stereocenters. The molecule has 1 heterocycles. The zero-order valence-corrected chi connectivity index (χ0v) is 11.6. The molecule has 19 heavy (non-hydrogen) atoms. The van der Waals surface area contributed by atoms with E-state index in [2.05, 4.69) is 0 Å². The Bertz CT molecular complexity index is 670. The maximum absolute atomic E-state index is 11.9. The summed E-state index contributed by atoms with van der Waals surface area (Å²) in [5.74, 6) is 0. The molecule has 98 valence electrons. The molecule has 0 fully saturated rings. The van der Waals surface area contributed by atoms with E-state index in [1.807, 2.05) is 0 Å². The fraction of sp³-hybridized carbons (Fsp3) is 0. The van der Waals surface area contributed by atoms with Crippen molar-refractivity contribution in [3.63, 3.8) is 0 Å². The summed E-state index contributed by atoms with van der Waals surface area (Å²) in [7, 11) is 0. The van der Waals surface area contributed by atoms with Crippen LogP contribution in [0.4, 0.5) is 10.7 Å². The van der Waals surface area contributed by atoms with E-state index in [0.717, 1.165) is 11.3 Å². The smallest absolute Gasteiger partial charge is 0.324 e. The molecule has 1 aromatic carbocycles. The standard InChI is InChI=1S/C11H6Cl2N2O3S/c12-8-1-2-9(13)10(4-8)14(16)5-7-3-11(15(17)18)19-6-7/h1-6H/b14-5-. The first-order valence-electron chi connectivity index (χ1n) is 4.96. The van der Waals surface area contributed by atoms with Crippen LogP contribution in [-0.2, 0) is 0 Å². The first-order valence-corrected chi connectivity index (χ1v) is 6.60. The van der Waals surface area contributed by atoms with Crippen molar-refractivity contribution in [3.8, 4) is 0 Å². The molecule has 0 bridgehead atoms. The lowest BCUT2D eigenvalue weighted by Crippen LogP contribution is -1.98. The predicted molar refractivity (Wildman–Crippen MR) is 75.9 cm³/mol. The third-order valence-corrected chi connectivity index (χ3v) is 3.65. The molecule has 2 rings (SSSR count). The molecular formula is C11H6Cl2N2O3S. The van der Waals surface area contributed by atoms with Crippen molar-refractivity contribution in [2.75, 3.05) is 0 Å². The Morgan fingerprint density at radius 3 is 2.58 bits per heavy atom. The van der Waals surface area contributed by atoms with Gasteiger partial charge in [0.1, 0.15) is 5.02 Å². The molecule has 0 N–H and O–H groups in total. The summed E-state index contributed by atoms with van der Waals surface area (Å²) in [5.41, 5.74) is 0.616. The van der Waals surface area contributed by atoms with E-state index in [0.29, 0.717) is 15.3 Å². The molecule has 0 aliphatic heterocycles. The predicted octanol–water partition coefficient (Wildman–Crippen LogP) is 4.22. The zero-order chi connectivity index (χ0) is 14.0. The molecule has 5 nitrogen and oxygen atoms in total. The van der Waals surface area contributed by atoms with Crippen molar-refractivity contribution < 1.29 is 9.66 Å². The number of nitrogens with zero attached hydrogens (tertiary/aromatic N) is 2. The Morgan fingerprint density at radius 1 is 1.21 bits per heavy atom. The molecule has 0 spiro atoms. The van der Waals surface area contributed by atoms with Crippen LogP contribution in [0.25, 0.3) is 0 Å². The lowest BCUT2D eigenvalue weighted by molar-refractivity contribution is -0.380. The van der Waals surface area contributed by atoms with Gasteiger partial charge in [-0.15, -0.1) is 0 Å². The van der Waals surface area contributed by atoms with E-state index in [1.165, 1.54) is 29.8 Å². The lowest BCUT2D eigenvalue weighted by Gasteiger charge is -2.04. The van der Waals surface area contributed by atoms with E-state index in [4.69, 9.17) is 23.2 Å². The van der Waals surface area contributed by atoms with Crippen molar-refractivity contribution >= 4 is 51.4 Å². The lowest BCUT2D eigenvalue weighted by atomic mass is 10.3. The van der Waals surface area contributed by atoms with Crippen molar-refractivity contribution in [2.24, 2.45) is 0 Å². The SMILES string of the molecule is O=[N+]([O-])c1cc(/C=[N+](\[O-])c2cc(Cl)ccc2Cl)cs1. The van der Waals surface area contributed by atoms with Crippen LogP contribution < -0.4 is 0 Å². The van der Waals surface area contributed by atoms with Gasteiger partial charge in [0.25, 0.3) is 0 Å². The van der Waals surface area contributed by atoms with Crippen molar-refractivity contribution in [1.29, 1.82) is 0 Å². The van der Waals surface area contributed by atoms with Gasteiger partial charge in [0, 0.05) is 22.5 Å². The second-order valence-corrected chi connectivity index (χ2v) is 5.26. The van der Waals surface area contributed by atoms with Gasteiger partial charge in [0.2, 0.25) is 5.69 Å². The Balaban J connectivity index is 2.36. The largest absolute Gasteiger partial charge is 0.618 e. The zero-order valence-electron chi connectivity index (χ0n) is 9.25. The molecule has 0 radical (unpaired) electrons.